The Labute approximate surface area is 141 Å². The Kier molecular flexibility index (Phi) is 6.29. The second-order valence-electron chi connectivity index (χ2n) is 5.08. The number of nitrogens with zero attached hydrogens (tertiary/aromatic N) is 1. The van der Waals surface area contributed by atoms with E-state index in [9.17, 15) is 4.79 Å². The zero-order valence-electron chi connectivity index (χ0n) is 13.3. The molecule has 0 fully saturated rings. The molecule has 0 unspecified atom stereocenters. The van der Waals surface area contributed by atoms with Crippen molar-refractivity contribution in [2.45, 2.75) is 13.3 Å². The summed E-state index contributed by atoms with van der Waals surface area (Å²) >= 11 is 5.81. The van der Waals surface area contributed by atoms with E-state index in [-0.39, 0.29) is 5.91 Å². The Balaban J connectivity index is 1.70. The summed E-state index contributed by atoms with van der Waals surface area (Å²) in [6, 6.07) is 14.7. The summed E-state index contributed by atoms with van der Waals surface area (Å²) in [4.78, 5) is 12.9. The third kappa shape index (κ3) is 5.49. The van der Waals surface area contributed by atoms with E-state index in [0.29, 0.717) is 18.2 Å². The first-order valence-electron chi connectivity index (χ1n) is 7.42. The first kappa shape index (κ1) is 17.2. The number of amides is 1. The lowest BCUT2D eigenvalue weighted by Gasteiger charge is -2.15. The molecule has 0 N–H and O–H groups in total. The molecule has 4 nitrogen and oxygen atoms in total. The van der Waals surface area contributed by atoms with Crippen molar-refractivity contribution in [1.82, 2.24) is 0 Å². The summed E-state index contributed by atoms with van der Waals surface area (Å²) in [5, 5.41) is 0.694. The van der Waals surface area contributed by atoms with Gasteiger partial charge in [0.1, 0.15) is 11.5 Å². The molecule has 0 aromatic heterocycles. The van der Waals surface area contributed by atoms with Gasteiger partial charge in [0.15, 0.2) is 0 Å². The number of anilines is 1. The van der Waals surface area contributed by atoms with Gasteiger partial charge in [0.05, 0.1) is 13.2 Å². The van der Waals surface area contributed by atoms with Gasteiger partial charge >= 0.3 is 0 Å². The van der Waals surface area contributed by atoms with E-state index in [4.69, 9.17) is 21.1 Å². The average molecular weight is 334 g/mol. The molecule has 0 atom stereocenters. The molecule has 0 radical (unpaired) electrons. The van der Waals surface area contributed by atoms with Crippen LogP contribution in [-0.4, -0.2) is 26.2 Å². The summed E-state index contributed by atoms with van der Waals surface area (Å²) in [7, 11) is 1.74. The van der Waals surface area contributed by atoms with Crippen LogP contribution in [-0.2, 0) is 4.79 Å². The number of halogens is 1. The van der Waals surface area contributed by atoms with Gasteiger partial charge in [0, 0.05) is 31.1 Å². The van der Waals surface area contributed by atoms with Crippen LogP contribution in [0.15, 0.2) is 48.5 Å². The third-order valence-electron chi connectivity index (χ3n) is 3.34. The second kappa shape index (κ2) is 8.44. The summed E-state index contributed by atoms with van der Waals surface area (Å²) in [5.41, 5.74) is 0.843. The number of hydrogen-bond donors (Lipinski definition) is 0. The van der Waals surface area contributed by atoms with Crippen LogP contribution >= 0.6 is 11.6 Å². The quantitative estimate of drug-likeness (QED) is 0.714. The van der Waals surface area contributed by atoms with Crippen molar-refractivity contribution >= 4 is 23.2 Å². The Bertz CT molecular complexity index is 626. The molecule has 2 aromatic rings. The summed E-state index contributed by atoms with van der Waals surface area (Å²) in [6.07, 6.45) is 0.776. The second-order valence-corrected chi connectivity index (χ2v) is 5.51. The molecule has 0 aliphatic carbocycles. The van der Waals surface area contributed by atoms with Crippen LogP contribution in [0.4, 0.5) is 5.69 Å². The van der Waals surface area contributed by atoms with E-state index < -0.39 is 0 Å². The van der Waals surface area contributed by atoms with Gasteiger partial charge in [0.25, 0.3) is 0 Å². The van der Waals surface area contributed by atoms with Crippen molar-refractivity contribution in [1.29, 1.82) is 0 Å². The third-order valence-corrected chi connectivity index (χ3v) is 3.59. The summed E-state index contributed by atoms with van der Waals surface area (Å²) in [6.45, 7) is 2.67. The lowest BCUT2D eigenvalue weighted by molar-refractivity contribution is -0.116. The molecule has 122 valence electrons. The first-order chi connectivity index (χ1) is 11.1. The fourth-order valence-corrected chi connectivity index (χ4v) is 2.04. The average Bonchev–Trinajstić information content (AvgIpc) is 2.56. The van der Waals surface area contributed by atoms with Crippen molar-refractivity contribution in [3.8, 4) is 11.5 Å². The number of carbonyl (C=O) groups is 1. The maximum absolute atomic E-state index is 11.3. The maximum Gasteiger partial charge on any atom is 0.223 e. The van der Waals surface area contributed by atoms with Gasteiger partial charge in [-0.3, -0.25) is 4.79 Å². The van der Waals surface area contributed by atoms with Crippen LogP contribution in [0.2, 0.25) is 5.02 Å². The molecule has 2 rings (SSSR count). The lowest BCUT2D eigenvalue weighted by Crippen LogP contribution is -2.22. The van der Waals surface area contributed by atoms with Gasteiger partial charge in [0.2, 0.25) is 5.91 Å². The first-order valence-corrected chi connectivity index (χ1v) is 7.79. The zero-order valence-corrected chi connectivity index (χ0v) is 14.0. The molecule has 23 heavy (non-hydrogen) atoms. The van der Waals surface area contributed by atoms with Crippen LogP contribution in [0.5, 0.6) is 11.5 Å². The van der Waals surface area contributed by atoms with Crippen molar-refractivity contribution < 1.29 is 14.3 Å². The van der Waals surface area contributed by atoms with Crippen molar-refractivity contribution in [2.24, 2.45) is 0 Å². The largest absolute Gasteiger partial charge is 0.493 e. The Morgan fingerprint density at radius 1 is 0.957 bits per heavy atom. The minimum absolute atomic E-state index is 0.00184. The fraction of sp³-hybridized carbons (Fsp3) is 0.278. The maximum atomic E-state index is 11.3. The molecule has 0 aliphatic rings. The van der Waals surface area contributed by atoms with Gasteiger partial charge < -0.3 is 14.4 Å². The fourth-order valence-electron chi connectivity index (χ4n) is 1.92. The molecule has 0 heterocycles. The number of rotatable bonds is 7. The predicted octanol–water partition coefficient (Wildman–Crippen LogP) is 4.17. The highest BCUT2D eigenvalue weighted by Gasteiger charge is 2.05. The van der Waals surface area contributed by atoms with Gasteiger partial charge in [-0.1, -0.05) is 11.6 Å². The van der Waals surface area contributed by atoms with Crippen LogP contribution < -0.4 is 14.4 Å². The Hall–Kier alpha value is -2.20. The monoisotopic (exact) mass is 333 g/mol. The highest BCUT2D eigenvalue weighted by atomic mass is 35.5. The Morgan fingerprint density at radius 2 is 1.43 bits per heavy atom. The van der Waals surface area contributed by atoms with Crippen molar-refractivity contribution in [3.05, 3.63) is 53.6 Å². The molecular formula is C18H20ClNO3. The van der Waals surface area contributed by atoms with E-state index in [1.165, 1.54) is 6.92 Å². The van der Waals surface area contributed by atoms with Gasteiger partial charge in [-0.05, 0) is 48.5 Å². The number of hydrogen-bond acceptors (Lipinski definition) is 3. The molecule has 1 amide bonds. The van der Waals surface area contributed by atoms with E-state index in [1.54, 1.807) is 24.1 Å². The van der Waals surface area contributed by atoms with Crippen LogP contribution in [0.25, 0.3) is 0 Å². The normalized spacial score (nSPS) is 10.2. The molecular weight excluding hydrogens is 314 g/mol. The number of benzene rings is 2. The highest BCUT2D eigenvalue weighted by Crippen LogP contribution is 2.19. The van der Waals surface area contributed by atoms with Crippen molar-refractivity contribution in [2.75, 3.05) is 25.2 Å². The van der Waals surface area contributed by atoms with Crippen LogP contribution in [0.3, 0.4) is 0 Å². The van der Waals surface area contributed by atoms with E-state index in [2.05, 4.69) is 0 Å². The molecule has 5 heteroatoms. The van der Waals surface area contributed by atoms with E-state index in [1.807, 2.05) is 36.4 Å². The molecule has 0 spiro atoms. The van der Waals surface area contributed by atoms with Gasteiger partial charge in [-0.25, -0.2) is 0 Å². The van der Waals surface area contributed by atoms with Crippen LogP contribution in [0, 0.1) is 0 Å². The Morgan fingerprint density at radius 3 is 1.91 bits per heavy atom. The van der Waals surface area contributed by atoms with Crippen LogP contribution in [0.1, 0.15) is 13.3 Å². The molecule has 0 bridgehead atoms. The zero-order chi connectivity index (χ0) is 16.7. The highest BCUT2D eigenvalue weighted by molar-refractivity contribution is 6.30. The van der Waals surface area contributed by atoms with E-state index in [0.717, 1.165) is 23.6 Å². The smallest absolute Gasteiger partial charge is 0.223 e. The predicted molar refractivity (Wildman–Crippen MR) is 92.6 cm³/mol. The molecule has 0 saturated heterocycles. The standard InChI is InChI=1S/C18H20ClNO3/c1-14(21)20(2)16-6-10-18(11-7-16)23-13-3-12-22-17-8-4-15(19)5-9-17/h4-11H,3,12-13H2,1-2H3. The molecule has 0 saturated carbocycles. The summed E-state index contributed by atoms with van der Waals surface area (Å²) in [5.74, 6) is 1.57. The minimum atomic E-state index is -0.00184. The van der Waals surface area contributed by atoms with Gasteiger partial charge in [-0.2, -0.15) is 0 Å². The number of carbonyl (C=O) groups excluding carboxylic acids is 1. The minimum Gasteiger partial charge on any atom is -0.493 e. The molecule has 0 aliphatic heterocycles. The van der Waals surface area contributed by atoms with Crippen molar-refractivity contribution in [3.63, 3.8) is 0 Å². The SMILES string of the molecule is CC(=O)N(C)c1ccc(OCCCOc2ccc(Cl)cc2)cc1. The van der Waals surface area contributed by atoms with E-state index >= 15 is 0 Å². The lowest BCUT2D eigenvalue weighted by atomic mass is 10.3. The summed E-state index contributed by atoms with van der Waals surface area (Å²) < 4.78 is 11.2. The number of ether oxygens (including phenoxy) is 2. The van der Waals surface area contributed by atoms with Gasteiger partial charge in [-0.15, -0.1) is 0 Å². The molecule has 2 aromatic carbocycles. The topological polar surface area (TPSA) is 38.8 Å².